The van der Waals surface area contributed by atoms with Gasteiger partial charge in [-0.05, 0) is 17.0 Å². The van der Waals surface area contributed by atoms with Crippen LogP contribution in [0.4, 0.5) is 5.00 Å². The number of hydrogen-bond donors (Lipinski definition) is 1. The molecule has 0 unspecified atom stereocenters. The van der Waals surface area contributed by atoms with E-state index in [2.05, 4.69) is 28.2 Å². The van der Waals surface area contributed by atoms with E-state index in [1.54, 1.807) is 17.4 Å². The number of nitrogens with zero attached hydrogens (tertiary/aromatic N) is 3. The normalized spacial score (nSPS) is 10.7. The molecule has 0 aliphatic rings. The van der Waals surface area contributed by atoms with Crippen LogP contribution in [0.5, 0.6) is 0 Å². The van der Waals surface area contributed by atoms with Gasteiger partial charge in [-0.1, -0.05) is 54.2 Å². The van der Waals surface area contributed by atoms with Crippen LogP contribution in [0, 0.1) is 0 Å². The molecule has 0 radical (unpaired) electrons. The first kappa shape index (κ1) is 23.9. The monoisotopic (exact) mass is 510 g/mol. The molecule has 0 spiro atoms. The number of rotatable bonds is 10. The Hall–Kier alpha value is -3.21. The quantitative estimate of drug-likeness (QED) is 0.176. The third-order valence-corrected chi connectivity index (χ3v) is 7.61. The lowest BCUT2D eigenvalue weighted by Gasteiger charge is -2.09. The maximum absolute atomic E-state index is 12.8. The zero-order valence-electron chi connectivity index (χ0n) is 18.4. The minimum Gasteiger partial charge on any atom is -0.465 e. The van der Waals surface area contributed by atoms with Crippen LogP contribution in [0.15, 0.2) is 71.0 Å². The van der Waals surface area contributed by atoms with Crippen molar-refractivity contribution < 1.29 is 14.3 Å². The number of esters is 1. The van der Waals surface area contributed by atoms with Gasteiger partial charge in [0.25, 0.3) is 0 Å². The van der Waals surface area contributed by atoms with E-state index in [4.69, 9.17) is 4.74 Å². The van der Waals surface area contributed by atoms with Crippen molar-refractivity contribution in [2.45, 2.75) is 18.1 Å². The minimum absolute atomic E-state index is 0.119. The van der Waals surface area contributed by atoms with Crippen molar-refractivity contribution in [1.82, 2.24) is 14.8 Å². The smallest absolute Gasteiger partial charge is 0.341 e. The average Bonchev–Trinajstić information content (AvgIpc) is 3.60. The van der Waals surface area contributed by atoms with Gasteiger partial charge < -0.3 is 14.6 Å². The number of carbonyl (C=O) groups is 2. The average molecular weight is 511 g/mol. The van der Waals surface area contributed by atoms with E-state index in [0.717, 1.165) is 17.0 Å². The summed E-state index contributed by atoms with van der Waals surface area (Å²) < 4.78 is 6.94. The largest absolute Gasteiger partial charge is 0.465 e. The molecular weight excluding hydrogens is 488 g/mol. The Morgan fingerprint density at radius 2 is 2.00 bits per heavy atom. The van der Waals surface area contributed by atoms with Gasteiger partial charge in [-0.25, -0.2) is 4.79 Å². The fraction of sp³-hybridized carbons (Fsp3) is 0.167. The van der Waals surface area contributed by atoms with Crippen molar-refractivity contribution >= 4 is 51.3 Å². The van der Waals surface area contributed by atoms with Crippen LogP contribution in [0.3, 0.4) is 0 Å². The zero-order chi connectivity index (χ0) is 23.9. The fourth-order valence-electron chi connectivity index (χ4n) is 3.32. The van der Waals surface area contributed by atoms with Crippen LogP contribution in [0.2, 0.25) is 0 Å². The molecule has 7 nitrogen and oxygen atoms in total. The summed E-state index contributed by atoms with van der Waals surface area (Å²) in [6.07, 6.45) is 2.45. The van der Waals surface area contributed by atoms with Gasteiger partial charge in [-0.2, -0.15) is 0 Å². The summed E-state index contributed by atoms with van der Waals surface area (Å²) >= 11 is 4.25. The molecule has 1 N–H and O–H groups in total. The summed E-state index contributed by atoms with van der Waals surface area (Å²) in [6, 6.07) is 13.6. The van der Waals surface area contributed by atoms with Crippen LogP contribution >= 0.6 is 34.4 Å². The Labute approximate surface area is 209 Å². The highest BCUT2D eigenvalue weighted by Crippen LogP contribution is 2.36. The van der Waals surface area contributed by atoms with Crippen molar-refractivity contribution in [2.24, 2.45) is 0 Å². The van der Waals surface area contributed by atoms with Crippen molar-refractivity contribution in [3.05, 3.63) is 82.1 Å². The number of hydrogen-bond acceptors (Lipinski definition) is 8. The predicted molar refractivity (Wildman–Crippen MR) is 138 cm³/mol. The summed E-state index contributed by atoms with van der Waals surface area (Å²) in [5.74, 6) is 0.202. The summed E-state index contributed by atoms with van der Waals surface area (Å²) in [7, 11) is 1.33. The lowest BCUT2D eigenvalue weighted by atomic mass is 10.0. The van der Waals surface area contributed by atoms with Crippen molar-refractivity contribution in [3.63, 3.8) is 0 Å². The topological polar surface area (TPSA) is 86.1 Å². The number of thioether (sulfide) groups is 1. The number of nitrogens with one attached hydrogen (secondary N) is 1. The Morgan fingerprint density at radius 1 is 1.18 bits per heavy atom. The van der Waals surface area contributed by atoms with E-state index in [1.807, 2.05) is 51.7 Å². The predicted octanol–water partition coefficient (Wildman–Crippen LogP) is 5.36. The molecule has 0 aliphatic carbocycles. The van der Waals surface area contributed by atoms with Gasteiger partial charge in [0, 0.05) is 28.8 Å². The Morgan fingerprint density at radius 3 is 2.71 bits per heavy atom. The maximum atomic E-state index is 12.8. The van der Waals surface area contributed by atoms with Gasteiger partial charge in [0.15, 0.2) is 5.16 Å². The summed E-state index contributed by atoms with van der Waals surface area (Å²) in [5, 5.41) is 16.4. The number of thiophene rings is 2. The van der Waals surface area contributed by atoms with Crippen molar-refractivity contribution in [3.8, 4) is 11.1 Å². The number of carbonyl (C=O) groups excluding carboxylic acids is 2. The number of methoxy groups -OCH3 is 1. The van der Waals surface area contributed by atoms with Gasteiger partial charge in [0.2, 0.25) is 5.91 Å². The number of anilines is 1. The van der Waals surface area contributed by atoms with Crippen LogP contribution < -0.4 is 5.32 Å². The van der Waals surface area contributed by atoms with Crippen LogP contribution in [0.1, 0.15) is 21.1 Å². The number of benzene rings is 1. The van der Waals surface area contributed by atoms with Crippen LogP contribution in [-0.4, -0.2) is 39.5 Å². The van der Waals surface area contributed by atoms with Gasteiger partial charge in [0.1, 0.15) is 16.4 Å². The lowest BCUT2D eigenvalue weighted by Crippen LogP contribution is -2.16. The number of aromatic nitrogens is 3. The van der Waals surface area contributed by atoms with Gasteiger partial charge in [0.05, 0.1) is 12.9 Å². The van der Waals surface area contributed by atoms with Crippen molar-refractivity contribution in [1.29, 1.82) is 0 Å². The molecule has 0 saturated heterocycles. The highest BCUT2D eigenvalue weighted by molar-refractivity contribution is 7.99. The van der Waals surface area contributed by atoms with Gasteiger partial charge in [-0.15, -0.1) is 39.4 Å². The van der Waals surface area contributed by atoms with E-state index >= 15 is 0 Å². The summed E-state index contributed by atoms with van der Waals surface area (Å²) in [5.41, 5.74) is 1.96. The molecule has 0 bridgehead atoms. The van der Waals surface area contributed by atoms with Gasteiger partial charge >= 0.3 is 5.97 Å². The molecular formula is C24H22N4O3S3. The second-order valence-electron chi connectivity index (χ2n) is 7.10. The first-order valence-corrected chi connectivity index (χ1v) is 13.1. The molecule has 0 aliphatic heterocycles. The molecule has 4 aromatic rings. The highest BCUT2D eigenvalue weighted by Gasteiger charge is 2.23. The molecule has 0 atom stereocenters. The number of amides is 1. The maximum Gasteiger partial charge on any atom is 0.341 e. The Kier molecular flexibility index (Phi) is 7.94. The summed E-state index contributed by atoms with van der Waals surface area (Å²) in [6.45, 7) is 4.37. The molecule has 0 saturated carbocycles. The molecule has 4 rings (SSSR count). The van der Waals surface area contributed by atoms with E-state index in [9.17, 15) is 9.59 Å². The fourth-order valence-corrected chi connectivity index (χ4v) is 5.76. The van der Waals surface area contributed by atoms with Crippen LogP contribution in [0.25, 0.3) is 11.1 Å². The first-order chi connectivity index (χ1) is 16.6. The van der Waals surface area contributed by atoms with Gasteiger partial charge in [-0.3, -0.25) is 4.79 Å². The molecule has 1 aromatic carbocycles. The van der Waals surface area contributed by atoms with E-state index in [1.165, 1.54) is 35.1 Å². The molecule has 174 valence electrons. The lowest BCUT2D eigenvalue weighted by molar-refractivity contribution is -0.113. The minimum atomic E-state index is -0.494. The summed E-state index contributed by atoms with van der Waals surface area (Å²) in [4.78, 5) is 26.5. The molecule has 34 heavy (non-hydrogen) atoms. The van der Waals surface area contributed by atoms with E-state index in [-0.39, 0.29) is 11.7 Å². The molecule has 3 aromatic heterocycles. The van der Waals surface area contributed by atoms with Crippen LogP contribution in [-0.2, 0) is 22.5 Å². The van der Waals surface area contributed by atoms with E-state index in [0.29, 0.717) is 28.7 Å². The Balaban J connectivity index is 1.47. The van der Waals surface area contributed by atoms with Crippen molar-refractivity contribution in [2.75, 3.05) is 18.2 Å². The third kappa shape index (κ3) is 5.46. The zero-order valence-corrected chi connectivity index (χ0v) is 20.8. The standard InChI is InChI=1S/C24H22N4O3S3/c1-3-11-28-19(13-17-10-7-12-32-17)26-27-24(28)34-15-20(29)25-22-21(23(30)31-2)18(14-33-22)16-8-5-4-6-9-16/h3-10,12,14H,1,11,13,15H2,2H3,(H,25,29). The Bertz CT molecular complexity index is 1280. The number of ether oxygens (including phenoxy) is 1. The third-order valence-electron chi connectivity index (χ3n) is 4.87. The second-order valence-corrected chi connectivity index (χ2v) is 9.96. The highest BCUT2D eigenvalue weighted by atomic mass is 32.2. The molecule has 10 heteroatoms. The second kappa shape index (κ2) is 11.3. The first-order valence-electron chi connectivity index (χ1n) is 10.3. The SMILES string of the molecule is C=CCn1c(Cc2cccs2)nnc1SCC(=O)Nc1scc(-c2ccccc2)c1C(=O)OC. The number of allylic oxidation sites excluding steroid dienone is 1. The molecule has 3 heterocycles. The molecule has 1 amide bonds. The van der Waals surface area contributed by atoms with E-state index < -0.39 is 5.97 Å². The molecule has 0 fully saturated rings.